The molecule has 2 amide bonds. The van der Waals surface area contributed by atoms with Crippen molar-refractivity contribution in [3.8, 4) is 11.5 Å². The van der Waals surface area contributed by atoms with E-state index in [-0.39, 0.29) is 29.7 Å². The van der Waals surface area contributed by atoms with Crippen molar-refractivity contribution in [3.05, 3.63) is 107 Å². The van der Waals surface area contributed by atoms with Gasteiger partial charge in [-0.1, -0.05) is 35.9 Å². The highest BCUT2D eigenvalue weighted by Crippen LogP contribution is 2.33. The fraction of sp³-hybridized carbons (Fsp3) is 0.400. The lowest BCUT2D eigenvalue weighted by atomic mass is 10.0. The molecule has 0 spiro atoms. The molecule has 4 aliphatic heterocycles. The van der Waals surface area contributed by atoms with Gasteiger partial charge in [-0.25, -0.2) is 9.97 Å². The molecule has 306 valence electrons. The van der Waals surface area contributed by atoms with Gasteiger partial charge in [-0.3, -0.25) is 29.5 Å². The van der Waals surface area contributed by atoms with Crippen molar-refractivity contribution in [2.24, 2.45) is 0 Å². The van der Waals surface area contributed by atoms with Gasteiger partial charge >= 0.3 is 0 Å². The third-order valence-corrected chi connectivity index (χ3v) is 12.6. The standard InChI is InChI=1S/C45H50ClN9O4/c46-38-25-35(59-34-6-2-1-3-7-34)10-11-36(38)42(57)37-26-47-43-41(37)44(49-29-48-43)50-32-14-18-52(19-15-32)16-4-5-17-53-20-22-54(23-21-53)33-9-8-30-27-55(28-31(30)24-33)39-12-13-40(56)51-45(39)58/h1-3,6-11,24-26,29,32,39H,4-5,12-23,27-28H2,(H,51,56,58)(H2,47,48,49,50). The molecule has 1 unspecified atom stereocenters. The number of aromatic amines is 1. The van der Waals surface area contributed by atoms with E-state index >= 15 is 0 Å². The number of nitrogens with one attached hydrogen (secondary N) is 3. The molecule has 3 fully saturated rings. The highest BCUT2D eigenvalue weighted by atomic mass is 35.5. The second kappa shape index (κ2) is 17.5. The number of likely N-dealkylation sites (tertiary alicyclic amines) is 1. The minimum Gasteiger partial charge on any atom is -0.457 e. The largest absolute Gasteiger partial charge is 0.457 e. The van der Waals surface area contributed by atoms with E-state index in [2.05, 4.69) is 63.4 Å². The number of carbonyl (C=O) groups is 3. The molecule has 0 bridgehead atoms. The van der Waals surface area contributed by atoms with Crippen molar-refractivity contribution in [3.63, 3.8) is 0 Å². The number of unbranched alkanes of at least 4 members (excludes halogenated alkanes) is 1. The SMILES string of the molecule is O=C1CCC(N2Cc3ccc(N4CCN(CCCCN5CCC(Nc6ncnc7[nH]cc(C(=O)c8ccc(Oc9ccccc9)cc8Cl)c67)CC5)CC4)cc3C2)C(=O)N1. The molecule has 14 heteroatoms. The van der Waals surface area contributed by atoms with E-state index in [0.29, 0.717) is 57.3 Å². The summed E-state index contributed by atoms with van der Waals surface area (Å²) in [6.07, 6.45) is 8.57. The number of hydrogen-bond acceptors (Lipinski definition) is 11. The number of aromatic nitrogens is 3. The molecule has 0 aliphatic carbocycles. The molecule has 2 aromatic heterocycles. The number of ether oxygens (including phenoxy) is 1. The lowest BCUT2D eigenvalue weighted by Crippen LogP contribution is -2.50. The Morgan fingerprint density at radius 1 is 0.814 bits per heavy atom. The maximum Gasteiger partial charge on any atom is 0.243 e. The number of piperazine rings is 1. The Morgan fingerprint density at radius 2 is 1.58 bits per heavy atom. The Hall–Kier alpha value is -5.34. The molecule has 4 aliphatic rings. The monoisotopic (exact) mass is 815 g/mol. The molecule has 3 aromatic carbocycles. The first-order valence-electron chi connectivity index (χ1n) is 20.9. The summed E-state index contributed by atoms with van der Waals surface area (Å²) in [7, 11) is 0. The predicted molar refractivity (Wildman–Crippen MR) is 228 cm³/mol. The van der Waals surface area contributed by atoms with Crippen molar-refractivity contribution in [1.29, 1.82) is 0 Å². The van der Waals surface area contributed by atoms with Gasteiger partial charge in [0, 0.05) is 88.3 Å². The van der Waals surface area contributed by atoms with Gasteiger partial charge in [-0.05, 0) is 92.7 Å². The third kappa shape index (κ3) is 8.84. The lowest BCUT2D eigenvalue weighted by molar-refractivity contribution is -0.137. The van der Waals surface area contributed by atoms with Crippen molar-refractivity contribution in [2.75, 3.05) is 62.6 Å². The summed E-state index contributed by atoms with van der Waals surface area (Å²) in [5.41, 5.74) is 5.30. The molecule has 59 heavy (non-hydrogen) atoms. The Bertz CT molecular complexity index is 2320. The molecule has 3 N–H and O–H groups in total. The molecule has 3 saturated heterocycles. The smallest absolute Gasteiger partial charge is 0.243 e. The minimum absolute atomic E-state index is 0.159. The number of nitrogens with zero attached hydrogens (tertiary/aromatic N) is 6. The molecule has 6 heterocycles. The highest BCUT2D eigenvalue weighted by molar-refractivity contribution is 6.35. The predicted octanol–water partition coefficient (Wildman–Crippen LogP) is 6.23. The Morgan fingerprint density at radius 3 is 2.34 bits per heavy atom. The van der Waals surface area contributed by atoms with Crippen LogP contribution in [0.4, 0.5) is 11.5 Å². The lowest BCUT2D eigenvalue weighted by Gasteiger charge is -2.36. The van der Waals surface area contributed by atoms with E-state index in [9.17, 15) is 14.4 Å². The van der Waals surface area contributed by atoms with Gasteiger partial charge in [0.2, 0.25) is 11.8 Å². The topological polar surface area (TPSA) is 139 Å². The number of H-pyrrole nitrogens is 1. The first kappa shape index (κ1) is 39.1. The zero-order valence-electron chi connectivity index (χ0n) is 33.2. The molecule has 9 rings (SSSR count). The van der Waals surface area contributed by atoms with Gasteiger partial charge in [0.1, 0.15) is 29.3 Å². The molecule has 0 radical (unpaired) electrons. The van der Waals surface area contributed by atoms with Crippen LogP contribution >= 0.6 is 11.6 Å². The van der Waals surface area contributed by atoms with Crippen molar-refractivity contribution in [1.82, 2.24) is 35.0 Å². The van der Waals surface area contributed by atoms with Gasteiger partial charge < -0.3 is 24.8 Å². The number of anilines is 2. The number of ketones is 1. The normalized spacial score (nSPS) is 19.5. The minimum atomic E-state index is -0.227. The zero-order chi connectivity index (χ0) is 40.3. The number of piperidine rings is 2. The second-order valence-electron chi connectivity index (χ2n) is 16.2. The molecule has 0 saturated carbocycles. The van der Waals surface area contributed by atoms with Crippen molar-refractivity contribution in [2.45, 2.75) is 63.7 Å². The van der Waals surface area contributed by atoms with Gasteiger partial charge in [0.25, 0.3) is 0 Å². The summed E-state index contributed by atoms with van der Waals surface area (Å²) >= 11 is 6.64. The first-order valence-corrected chi connectivity index (χ1v) is 21.3. The van der Waals surface area contributed by atoms with Crippen LogP contribution < -0.4 is 20.3 Å². The number of fused-ring (bicyclic) bond motifs is 2. The number of carbonyl (C=O) groups excluding carboxylic acids is 3. The number of rotatable bonds is 13. The summed E-state index contributed by atoms with van der Waals surface area (Å²) in [4.78, 5) is 59.9. The van der Waals surface area contributed by atoms with E-state index in [0.717, 1.165) is 78.3 Å². The number of imide groups is 1. The summed E-state index contributed by atoms with van der Waals surface area (Å²) in [6.45, 7) is 9.91. The third-order valence-electron chi connectivity index (χ3n) is 12.3. The Labute approximate surface area is 349 Å². The number of hydrogen-bond donors (Lipinski definition) is 3. The quantitative estimate of drug-likeness (QED) is 0.0708. The maximum absolute atomic E-state index is 13.8. The second-order valence-corrected chi connectivity index (χ2v) is 16.6. The van der Waals surface area contributed by atoms with Gasteiger partial charge in [0.15, 0.2) is 5.78 Å². The van der Waals surface area contributed by atoms with Crippen LogP contribution in [-0.4, -0.2) is 112 Å². The van der Waals surface area contributed by atoms with E-state index in [1.807, 2.05) is 30.3 Å². The van der Waals surface area contributed by atoms with E-state index in [1.54, 1.807) is 24.4 Å². The maximum atomic E-state index is 13.8. The van der Waals surface area contributed by atoms with Crippen LogP contribution in [0.15, 0.2) is 79.3 Å². The Kier molecular flexibility index (Phi) is 11.6. The average molecular weight is 816 g/mol. The number of para-hydroxylation sites is 1. The number of benzene rings is 3. The van der Waals surface area contributed by atoms with E-state index < -0.39 is 0 Å². The fourth-order valence-electron chi connectivity index (χ4n) is 9.01. The number of amides is 2. The van der Waals surface area contributed by atoms with Crippen LogP contribution in [0.1, 0.15) is 65.6 Å². The van der Waals surface area contributed by atoms with Crippen LogP contribution in [-0.2, 0) is 22.7 Å². The molecule has 5 aromatic rings. The fourth-order valence-corrected chi connectivity index (χ4v) is 9.27. The van der Waals surface area contributed by atoms with Gasteiger partial charge in [-0.15, -0.1) is 0 Å². The van der Waals surface area contributed by atoms with E-state index in [1.165, 1.54) is 36.0 Å². The molecule has 1 atom stereocenters. The molecular weight excluding hydrogens is 766 g/mol. The van der Waals surface area contributed by atoms with Crippen LogP contribution in [0.3, 0.4) is 0 Å². The number of halogens is 1. The van der Waals surface area contributed by atoms with Crippen molar-refractivity contribution >= 4 is 51.7 Å². The molecular formula is C45H50ClN9O4. The van der Waals surface area contributed by atoms with Crippen LogP contribution in [0.2, 0.25) is 5.02 Å². The van der Waals surface area contributed by atoms with E-state index in [4.69, 9.17) is 16.3 Å². The summed E-state index contributed by atoms with van der Waals surface area (Å²) in [5.74, 6) is 1.37. The van der Waals surface area contributed by atoms with Crippen LogP contribution in [0.5, 0.6) is 11.5 Å². The molecule has 13 nitrogen and oxygen atoms in total. The average Bonchev–Trinajstić information content (AvgIpc) is 3.89. The summed E-state index contributed by atoms with van der Waals surface area (Å²) in [5, 5.41) is 7.14. The summed E-state index contributed by atoms with van der Waals surface area (Å²) < 4.78 is 5.91. The van der Waals surface area contributed by atoms with Crippen molar-refractivity contribution < 1.29 is 19.1 Å². The zero-order valence-corrected chi connectivity index (χ0v) is 33.9. The van der Waals surface area contributed by atoms with Crippen LogP contribution in [0, 0.1) is 0 Å². The van der Waals surface area contributed by atoms with Gasteiger partial charge in [0.05, 0.1) is 22.0 Å². The summed E-state index contributed by atoms with van der Waals surface area (Å²) in [6, 6.07) is 21.3. The first-order chi connectivity index (χ1) is 28.8. The van der Waals surface area contributed by atoms with Gasteiger partial charge in [-0.2, -0.15) is 0 Å². The van der Waals surface area contributed by atoms with Crippen LogP contribution in [0.25, 0.3) is 11.0 Å². The highest BCUT2D eigenvalue weighted by Gasteiger charge is 2.35. The Balaban J connectivity index is 0.708.